The van der Waals surface area contributed by atoms with E-state index in [0.29, 0.717) is 17.5 Å². The molecule has 1 aromatic heterocycles. The lowest BCUT2D eigenvalue weighted by Gasteiger charge is -2.06. The maximum atomic E-state index is 5.95. The molecule has 1 rings (SSSR count). The van der Waals surface area contributed by atoms with Gasteiger partial charge >= 0.3 is 0 Å². The lowest BCUT2D eigenvalue weighted by molar-refractivity contribution is 0.295. The Balaban J connectivity index is 2.42. The number of aromatic nitrogens is 1. The average Bonchev–Trinajstić information content (AvgIpc) is 2.15. The van der Waals surface area contributed by atoms with E-state index in [1.807, 2.05) is 13.0 Å². The van der Waals surface area contributed by atoms with Gasteiger partial charge in [0.2, 0.25) is 5.88 Å². The van der Waals surface area contributed by atoms with Gasteiger partial charge in [-0.2, -0.15) is 0 Å². The van der Waals surface area contributed by atoms with Crippen LogP contribution in [0, 0.1) is 6.92 Å². The predicted molar refractivity (Wildman–Crippen MR) is 59.0 cm³/mol. The van der Waals surface area contributed by atoms with Gasteiger partial charge in [0.1, 0.15) is 5.02 Å². The summed E-state index contributed by atoms with van der Waals surface area (Å²) in [7, 11) is 0. The summed E-state index contributed by atoms with van der Waals surface area (Å²) in [4.78, 5) is 4.12. The number of pyridine rings is 1. The van der Waals surface area contributed by atoms with E-state index in [2.05, 4.69) is 11.9 Å². The monoisotopic (exact) mass is 213 g/mol. The van der Waals surface area contributed by atoms with Crippen molar-refractivity contribution in [2.24, 2.45) is 0 Å². The standard InChI is InChI=1S/C11H16ClNO/c1-3-4-5-6-14-11-10(12)7-9(2)8-13-11/h7-8H,3-6H2,1-2H3. The van der Waals surface area contributed by atoms with E-state index in [1.165, 1.54) is 12.8 Å². The summed E-state index contributed by atoms with van der Waals surface area (Å²) in [5.41, 5.74) is 1.05. The Morgan fingerprint density at radius 2 is 2.21 bits per heavy atom. The van der Waals surface area contributed by atoms with Gasteiger partial charge in [0.25, 0.3) is 0 Å². The fraction of sp³-hybridized carbons (Fsp3) is 0.545. The maximum Gasteiger partial charge on any atom is 0.232 e. The molecular weight excluding hydrogens is 198 g/mol. The summed E-state index contributed by atoms with van der Waals surface area (Å²) in [5.74, 6) is 0.549. The van der Waals surface area contributed by atoms with Crippen molar-refractivity contribution in [1.29, 1.82) is 0 Å². The van der Waals surface area contributed by atoms with Crippen LogP contribution in [-0.2, 0) is 0 Å². The van der Waals surface area contributed by atoms with E-state index in [-0.39, 0.29) is 0 Å². The molecule has 0 aliphatic heterocycles. The quantitative estimate of drug-likeness (QED) is 0.698. The van der Waals surface area contributed by atoms with Crippen molar-refractivity contribution in [2.75, 3.05) is 6.61 Å². The van der Waals surface area contributed by atoms with Crippen LogP contribution in [0.3, 0.4) is 0 Å². The van der Waals surface area contributed by atoms with E-state index < -0.39 is 0 Å². The second kappa shape index (κ2) is 5.86. The van der Waals surface area contributed by atoms with Crippen LogP contribution < -0.4 is 4.74 Å². The minimum Gasteiger partial charge on any atom is -0.477 e. The first kappa shape index (κ1) is 11.3. The minimum absolute atomic E-state index is 0.549. The largest absolute Gasteiger partial charge is 0.477 e. The molecule has 0 aromatic carbocycles. The molecule has 14 heavy (non-hydrogen) atoms. The highest BCUT2D eigenvalue weighted by Crippen LogP contribution is 2.22. The molecule has 3 heteroatoms. The van der Waals surface area contributed by atoms with Crippen LogP contribution in [0.15, 0.2) is 12.3 Å². The first-order valence-electron chi connectivity index (χ1n) is 4.99. The van der Waals surface area contributed by atoms with Crippen LogP contribution in [0.25, 0.3) is 0 Å². The molecule has 0 N–H and O–H groups in total. The third-order valence-electron chi connectivity index (χ3n) is 1.93. The molecule has 2 nitrogen and oxygen atoms in total. The number of unbranched alkanes of at least 4 members (excludes halogenated alkanes) is 2. The van der Waals surface area contributed by atoms with Crippen LogP contribution >= 0.6 is 11.6 Å². The average molecular weight is 214 g/mol. The zero-order chi connectivity index (χ0) is 10.4. The summed E-state index contributed by atoms with van der Waals surface area (Å²) >= 11 is 5.95. The Bertz CT molecular complexity index is 289. The van der Waals surface area contributed by atoms with Crippen LogP contribution in [0.2, 0.25) is 5.02 Å². The molecule has 0 atom stereocenters. The molecule has 0 unspecified atom stereocenters. The first-order valence-corrected chi connectivity index (χ1v) is 5.36. The number of rotatable bonds is 5. The van der Waals surface area contributed by atoms with Gasteiger partial charge in [-0.3, -0.25) is 0 Å². The molecule has 0 bridgehead atoms. The van der Waals surface area contributed by atoms with Crippen molar-refractivity contribution < 1.29 is 4.74 Å². The van der Waals surface area contributed by atoms with Crippen molar-refractivity contribution in [1.82, 2.24) is 4.98 Å². The fourth-order valence-electron chi connectivity index (χ4n) is 1.15. The Kier molecular flexibility index (Phi) is 4.74. The van der Waals surface area contributed by atoms with Crippen molar-refractivity contribution in [3.63, 3.8) is 0 Å². The number of nitrogens with zero attached hydrogens (tertiary/aromatic N) is 1. The highest BCUT2D eigenvalue weighted by Gasteiger charge is 2.02. The third kappa shape index (κ3) is 3.54. The SMILES string of the molecule is CCCCCOc1ncc(C)cc1Cl. The van der Waals surface area contributed by atoms with Crippen molar-refractivity contribution >= 4 is 11.6 Å². The highest BCUT2D eigenvalue weighted by molar-refractivity contribution is 6.31. The van der Waals surface area contributed by atoms with Gasteiger partial charge in [0.15, 0.2) is 0 Å². The molecule has 0 radical (unpaired) electrons. The summed E-state index contributed by atoms with van der Waals surface area (Å²) in [6.07, 6.45) is 5.20. The molecule has 0 aliphatic rings. The van der Waals surface area contributed by atoms with Crippen LogP contribution in [0.5, 0.6) is 5.88 Å². The minimum atomic E-state index is 0.549. The Morgan fingerprint density at radius 3 is 2.86 bits per heavy atom. The first-order chi connectivity index (χ1) is 6.74. The zero-order valence-corrected chi connectivity index (χ0v) is 9.47. The summed E-state index contributed by atoms with van der Waals surface area (Å²) < 4.78 is 5.45. The van der Waals surface area contributed by atoms with E-state index in [0.717, 1.165) is 12.0 Å². The van der Waals surface area contributed by atoms with Gasteiger partial charge < -0.3 is 4.74 Å². The molecule has 0 amide bonds. The molecule has 0 fully saturated rings. The predicted octanol–water partition coefficient (Wildman–Crippen LogP) is 3.61. The van der Waals surface area contributed by atoms with E-state index in [4.69, 9.17) is 16.3 Å². The smallest absolute Gasteiger partial charge is 0.232 e. The summed E-state index contributed by atoms with van der Waals surface area (Å²) in [6.45, 7) is 4.82. The number of ether oxygens (including phenoxy) is 1. The van der Waals surface area contributed by atoms with E-state index >= 15 is 0 Å². The van der Waals surface area contributed by atoms with Gasteiger partial charge in [-0.15, -0.1) is 0 Å². The third-order valence-corrected chi connectivity index (χ3v) is 2.20. The van der Waals surface area contributed by atoms with Crippen molar-refractivity contribution in [3.05, 3.63) is 22.8 Å². The van der Waals surface area contributed by atoms with Crippen molar-refractivity contribution in [3.8, 4) is 5.88 Å². The van der Waals surface area contributed by atoms with Gasteiger partial charge in [0.05, 0.1) is 6.61 Å². The van der Waals surface area contributed by atoms with Gasteiger partial charge in [-0.25, -0.2) is 4.98 Å². The van der Waals surface area contributed by atoms with Crippen LogP contribution in [0.4, 0.5) is 0 Å². The van der Waals surface area contributed by atoms with Gasteiger partial charge in [-0.1, -0.05) is 31.4 Å². The summed E-state index contributed by atoms with van der Waals surface area (Å²) in [6, 6.07) is 1.86. The lowest BCUT2D eigenvalue weighted by Crippen LogP contribution is -1.99. The number of aryl methyl sites for hydroxylation is 1. The summed E-state index contributed by atoms with van der Waals surface area (Å²) in [5, 5.41) is 0.599. The second-order valence-electron chi connectivity index (χ2n) is 3.36. The second-order valence-corrected chi connectivity index (χ2v) is 3.76. The van der Waals surface area contributed by atoms with Crippen LogP contribution in [0.1, 0.15) is 31.7 Å². The molecule has 0 saturated carbocycles. The lowest BCUT2D eigenvalue weighted by atomic mass is 10.3. The zero-order valence-electron chi connectivity index (χ0n) is 8.72. The van der Waals surface area contributed by atoms with E-state index in [1.54, 1.807) is 6.20 Å². The molecule has 0 aliphatic carbocycles. The molecule has 0 saturated heterocycles. The van der Waals surface area contributed by atoms with Gasteiger partial charge in [-0.05, 0) is 25.0 Å². The Hall–Kier alpha value is -0.760. The molecular formula is C11H16ClNO. The van der Waals surface area contributed by atoms with Crippen molar-refractivity contribution in [2.45, 2.75) is 33.1 Å². The molecule has 1 heterocycles. The number of halogens is 1. The number of hydrogen-bond donors (Lipinski definition) is 0. The topological polar surface area (TPSA) is 22.1 Å². The van der Waals surface area contributed by atoms with E-state index in [9.17, 15) is 0 Å². The fourth-order valence-corrected chi connectivity index (χ4v) is 1.42. The van der Waals surface area contributed by atoms with Crippen LogP contribution in [-0.4, -0.2) is 11.6 Å². The van der Waals surface area contributed by atoms with Gasteiger partial charge in [0, 0.05) is 6.20 Å². The Labute approximate surface area is 90.3 Å². The number of hydrogen-bond acceptors (Lipinski definition) is 2. The Morgan fingerprint density at radius 1 is 1.43 bits per heavy atom. The molecule has 0 spiro atoms. The maximum absolute atomic E-state index is 5.95. The normalized spacial score (nSPS) is 10.2. The molecule has 78 valence electrons. The highest BCUT2D eigenvalue weighted by atomic mass is 35.5. The molecule has 1 aromatic rings.